The molecule has 2 heterocycles. The predicted molar refractivity (Wildman–Crippen MR) is 94.3 cm³/mol. The Morgan fingerprint density at radius 2 is 2.48 bits per heavy atom. The fourth-order valence-electron chi connectivity index (χ4n) is 2.31. The van der Waals surface area contributed by atoms with Crippen LogP contribution < -0.4 is 10.6 Å². The molecule has 0 aromatic carbocycles. The summed E-state index contributed by atoms with van der Waals surface area (Å²) in [6.45, 7) is 7.25. The van der Waals surface area contributed by atoms with Gasteiger partial charge in [0.1, 0.15) is 0 Å². The summed E-state index contributed by atoms with van der Waals surface area (Å²) in [5.74, 6) is 0.802. The molecule has 7 heteroatoms. The lowest BCUT2D eigenvalue weighted by atomic mass is 10.3. The maximum atomic E-state index is 5.82. The summed E-state index contributed by atoms with van der Waals surface area (Å²) in [6, 6.07) is 0.202. The third-order valence-electron chi connectivity index (χ3n) is 3.66. The van der Waals surface area contributed by atoms with Crippen LogP contribution in [0.5, 0.6) is 0 Å². The fraction of sp³-hybridized carbons (Fsp3) is 0.750. The van der Waals surface area contributed by atoms with Gasteiger partial charge in [0.15, 0.2) is 5.96 Å². The van der Waals surface area contributed by atoms with Crippen LogP contribution in [0.15, 0.2) is 11.2 Å². The van der Waals surface area contributed by atoms with Gasteiger partial charge in [-0.1, -0.05) is 6.92 Å². The molecule has 1 aromatic rings. The summed E-state index contributed by atoms with van der Waals surface area (Å²) in [5.41, 5.74) is 0. The molecule has 2 rings (SSSR count). The van der Waals surface area contributed by atoms with Crippen molar-refractivity contribution in [1.29, 1.82) is 0 Å². The highest BCUT2D eigenvalue weighted by Crippen LogP contribution is 2.13. The SMILES string of the molecule is CCc1cnc(CCNC(=NC)NC(C)COC2CCOC2)s1. The molecular formula is C16H28N4O2S. The number of aromatic nitrogens is 1. The lowest BCUT2D eigenvalue weighted by molar-refractivity contribution is 0.0347. The molecule has 0 spiro atoms. The van der Waals surface area contributed by atoms with E-state index in [0.717, 1.165) is 38.4 Å². The molecule has 0 aliphatic carbocycles. The Balaban J connectivity index is 1.63. The Hall–Kier alpha value is -1.18. The van der Waals surface area contributed by atoms with Crippen molar-refractivity contribution >= 4 is 17.3 Å². The first kappa shape index (κ1) is 18.2. The molecule has 1 aliphatic heterocycles. The van der Waals surface area contributed by atoms with Gasteiger partial charge in [0.05, 0.1) is 24.3 Å². The lowest BCUT2D eigenvalue weighted by Crippen LogP contribution is -2.45. The maximum Gasteiger partial charge on any atom is 0.191 e. The monoisotopic (exact) mass is 340 g/mol. The number of ether oxygens (including phenoxy) is 2. The van der Waals surface area contributed by atoms with Crippen LogP contribution >= 0.6 is 11.3 Å². The molecule has 0 bridgehead atoms. The number of nitrogens with zero attached hydrogens (tertiary/aromatic N) is 2. The van der Waals surface area contributed by atoms with Gasteiger partial charge in [0, 0.05) is 43.7 Å². The summed E-state index contributed by atoms with van der Waals surface area (Å²) >= 11 is 1.79. The molecule has 130 valence electrons. The first-order chi connectivity index (χ1) is 11.2. The van der Waals surface area contributed by atoms with E-state index in [2.05, 4.69) is 34.5 Å². The molecule has 2 N–H and O–H groups in total. The maximum absolute atomic E-state index is 5.82. The summed E-state index contributed by atoms with van der Waals surface area (Å²) in [7, 11) is 1.78. The van der Waals surface area contributed by atoms with Gasteiger partial charge < -0.3 is 20.1 Å². The molecule has 2 unspecified atom stereocenters. The van der Waals surface area contributed by atoms with Gasteiger partial charge in [-0.05, 0) is 19.8 Å². The van der Waals surface area contributed by atoms with Crippen molar-refractivity contribution in [2.75, 3.05) is 33.4 Å². The Bertz CT molecular complexity index is 486. The number of guanidine groups is 1. The second-order valence-corrected chi connectivity index (χ2v) is 6.89. The average Bonchev–Trinajstić information content (AvgIpc) is 3.23. The molecule has 0 radical (unpaired) electrons. The number of aryl methyl sites for hydroxylation is 1. The van der Waals surface area contributed by atoms with E-state index in [0.29, 0.717) is 13.2 Å². The molecule has 23 heavy (non-hydrogen) atoms. The Labute approximate surface area is 142 Å². The van der Waals surface area contributed by atoms with Gasteiger partial charge in [0.2, 0.25) is 0 Å². The van der Waals surface area contributed by atoms with Crippen LogP contribution in [-0.2, 0) is 22.3 Å². The molecule has 1 aromatic heterocycles. The average molecular weight is 340 g/mol. The normalized spacial score (nSPS) is 19.8. The van der Waals surface area contributed by atoms with Crippen LogP contribution in [0, 0.1) is 0 Å². The zero-order valence-corrected chi connectivity index (χ0v) is 15.1. The van der Waals surface area contributed by atoms with E-state index in [-0.39, 0.29) is 12.1 Å². The zero-order valence-electron chi connectivity index (χ0n) is 14.3. The molecule has 1 aliphatic rings. The highest BCUT2D eigenvalue weighted by Gasteiger charge is 2.17. The number of rotatable bonds is 8. The number of nitrogens with one attached hydrogen (secondary N) is 2. The van der Waals surface area contributed by atoms with Gasteiger partial charge in [-0.2, -0.15) is 0 Å². The first-order valence-electron chi connectivity index (χ1n) is 8.31. The zero-order chi connectivity index (χ0) is 16.5. The molecule has 6 nitrogen and oxygen atoms in total. The highest BCUT2D eigenvalue weighted by atomic mass is 32.1. The van der Waals surface area contributed by atoms with E-state index in [1.54, 1.807) is 18.4 Å². The highest BCUT2D eigenvalue weighted by molar-refractivity contribution is 7.11. The summed E-state index contributed by atoms with van der Waals surface area (Å²) < 4.78 is 11.1. The van der Waals surface area contributed by atoms with E-state index in [1.165, 1.54) is 9.88 Å². The lowest BCUT2D eigenvalue weighted by Gasteiger charge is -2.19. The van der Waals surface area contributed by atoms with Crippen LogP contribution in [0.1, 0.15) is 30.2 Å². The Morgan fingerprint density at radius 1 is 1.61 bits per heavy atom. The first-order valence-corrected chi connectivity index (χ1v) is 9.13. The molecule has 1 fully saturated rings. The fourth-order valence-corrected chi connectivity index (χ4v) is 3.17. The molecule has 0 amide bonds. The van der Waals surface area contributed by atoms with E-state index in [9.17, 15) is 0 Å². The van der Waals surface area contributed by atoms with Gasteiger partial charge in [-0.25, -0.2) is 4.98 Å². The second-order valence-electron chi connectivity index (χ2n) is 5.69. The number of thiazole rings is 1. The van der Waals surface area contributed by atoms with Crippen LogP contribution in [0.25, 0.3) is 0 Å². The third-order valence-corrected chi connectivity index (χ3v) is 4.86. The van der Waals surface area contributed by atoms with Crippen molar-refractivity contribution < 1.29 is 9.47 Å². The number of aliphatic imine (C=N–C) groups is 1. The minimum Gasteiger partial charge on any atom is -0.379 e. The third kappa shape index (κ3) is 6.45. The van der Waals surface area contributed by atoms with Gasteiger partial charge in [-0.15, -0.1) is 11.3 Å². The smallest absolute Gasteiger partial charge is 0.191 e. The number of hydrogen-bond donors (Lipinski definition) is 2. The van der Waals surface area contributed by atoms with E-state index >= 15 is 0 Å². The minimum atomic E-state index is 0.202. The molecule has 1 saturated heterocycles. The Kier molecular flexibility index (Phi) is 7.78. The summed E-state index contributed by atoms with van der Waals surface area (Å²) in [5, 5.41) is 7.85. The minimum absolute atomic E-state index is 0.202. The van der Waals surface area contributed by atoms with Crippen molar-refractivity contribution in [2.45, 2.75) is 45.3 Å². The standard InChI is InChI=1S/C16H28N4O2S/c1-4-14-9-19-15(23-14)5-7-18-16(17-3)20-12(2)10-22-13-6-8-21-11-13/h9,12-13H,4-8,10-11H2,1-3H3,(H2,17,18,20). The van der Waals surface area contributed by atoms with Crippen molar-refractivity contribution in [3.63, 3.8) is 0 Å². The topological polar surface area (TPSA) is 67.8 Å². The molecule has 0 saturated carbocycles. The molecular weight excluding hydrogens is 312 g/mol. The van der Waals surface area contributed by atoms with Crippen LogP contribution in [0.3, 0.4) is 0 Å². The van der Waals surface area contributed by atoms with Crippen molar-refractivity contribution in [3.05, 3.63) is 16.1 Å². The van der Waals surface area contributed by atoms with E-state index < -0.39 is 0 Å². The van der Waals surface area contributed by atoms with E-state index in [1.807, 2.05) is 6.20 Å². The van der Waals surface area contributed by atoms with Gasteiger partial charge >= 0.3 is 0 Å². The largest absolute Gasteiger partial charge is 0.379 e. The van der Waals surface area contributed by atoms with Crippen molar-refractivity contribution in [3.8, 4) is 0 Å². The number of hydrogen-bond acceptors (Lipinski definition) is 5. The van der Waals surface area contributed by atoms with Crippen molar-refractivity contribution in [2.24, 2.45) is 4.99 Å². The van der Waals surface area contributed by atoms with Crippen molar-refractivity contribution in [1.82, 2.24) is 15.6 Å². The van der Waals surface area contributed by atoms with E-state index in [4.69, 9.17) is 9.47 Å². The summed E-state index contributed by atoms with van der Waals surface area (Å²) in [6.07, 6.45) is 5.17. The Morgan fingerprint density at radius 3 is 3.13 bits per heavy atom. The predicted octanol–water partition coefficient (Wildman–Crippen LogP) is 1.61. The van der Waals surface area contributed by atoms with Crippen LogP contribution in [0.4, 0.5) is 0 Å². The van der Waals surface area contributed by atoms with Gasteiger partial charge in [-0.3, -0.25) is 4.99 Å². The summed E-state index contributed by atoms with van der Waals surface area (Å²) in [4.78, 5) is 10.0. The molecule has 2 atom stereocenters. The van der Waals surface area contributed by atoms with Crippen LogP contribution in [0.2, 0.25) is 0 Å². The van der Waals surface area contributed by atoms with Gasteiger partial charge in [0.25, 0.3) is 0 Å². The van der Waals surface area contributed by atoms with Crippen LogP contribution in [-0.4, -0.2) is 56.5 Å². The second kappa shape index (κ2) is 9.85. The quantitative estimate of drug-likeness (QED) is 0.556.